The van der Waals surface area contributed by atoms with Crippen LogP contribution in [0.15, 0.2) is 48.5 Å². The standard InChI is InChI=1S/C18H18ClNO5/c1-2-23-15-5-3-4-6-16(15)24-12-18(22)25-11-17(21)20-14-9-7-13(19)8-10-14/h3-10H,2,11-12H2,1H3,(H,20,21). The second-order valence-electron chi connectivity index (χ2n) is 4.88. The van der Waals surface area contributed by atoms with E-state index in [4.69, 9.17) is 25.8 Å². The fraction of sp³-hybridized carbons (Fsp3) is 0.222. The molecule has 0 spiro atoms. The number of anilines is 1. The molecule has 2 aromatic carbocycles. The molecule has 1 amide bonds. The van der Waals surface area contributed by atoms with Gasteiger partial charge in [0.2, 0.25) is 0 Å². The van der Waals surface area contributed by atoms with Gasteiger partial charge in [0.25, 0.3) is 5.91 Å². The van der Waals surface area contributed by atoms with E-state index in [1.807, 2.05) is 6.92 Å². The lowest BCUT2D eigenvalue weighted by atomic mass is 10.3. The summed E-state index contributed by atoms with van der Waals surface area (Å²) in [4.78, 5) is 23.4. The van der Waals surface area contributed by atoms with Gasteiger partial charge in [0.1, 0.15) is 0 Å². The highest BCUT2D eigenvalue weighted by atomic mass is 35.5. The zero-order chi connectivity index (χ0) is 18.1. The van der Waals surface area contributed by atoms with Crippen molar-refractivity contribution < 1.29 is 23.8 Å². The number of amides is 1. The number of esters is 1. The van der Waals surface area contributed by atoms with Crippen molar-refractivity contribution in [2.45, 2.75) is 6.92 Å². The number of benzene rings is 2. The van der Waals surface area contributed by atoms with Crippen molar-refractivity contribution in [3.05, 3.63) is 53.6 Å². The van der Waals surface area contributed by atoms with Crippen LogP contribution in [0.4, 0.5) is 5.69 Å². The topological polar surface area (TPSA) is 73.9 Å². The average molecular weight is 364 g/mol. The minimum Gasteiger partial charge on any atom is -0.490 e. The van der Waals surface area contributed by atoms with Crippen LogP contribution >= 0.6 is 11.6 Å². The molecule has 1 N–H and O–H groups in total. The largest absolute Gasteiger partial charge is 0.490 e. The highest BCUT2D eigenvalue weighted by Crippen LogP contribution is 2.26. The van der Waals surface area contributed by atoms with Crippen LogP contribution in [0.25, 0.3) is 0 Å². The van der Waals surface area contributed by atoms with Gasteiger partial charge in [-0.05, 0) is 43.3 Å². The Labute approximate surface area is 150 Å². The summed E-state index contributed by atoms with van der Waals surface area (Å²) in [7, 11) is 0. The van der Waals surface area contributed by atoms with E-state index in [0.717, 1.165) is 0 Å². The summed E-state index contributed by atoms with van der Waals surface area (Å²) in [6.07, 6.45) is 0. The Hall–Kier alpha value is -2.73. The molecule has 0 saturated heterocycles. The molecule has 0 aliphatic heterocycles. The van der Waals surface area contributed by atoms with E-state index in [-0.39, 0.29) is 6.61 Å². The van der Waals surface area contributed by atoms with Gasteiger partial charge < -0.3 is 19.5 Å². The number of halogens is 1. The Morgan fingerprint density at radius 3 is 2.24 bits per heavy atom. The van der Waals surface area contributed by atoms with Gasteiger partial charge in [-0.3, -0.25) is 4.79 Å². The van der Waals surface area contributed by atoms with Crippen molar-refractivity contribution in [2.75, 3.05) is 25.1 Å². The van der Waals surface area contributed by atoms with Gasteiger partial charge in [-0.1, -0.05) is 23.7 Å². The molecule has 0 radical (unpaired) electrons. The Morgan fingerprint density at radius 2 is 1.60 bits per heavy atom. The van der Waals surface area contributed by atoms with Gasteiger partial charge in [-0.15, -0.1) is 0 Å². The predicted molar refractivity (Wildman–Crippen MR) is 94.1 cm³/mol. The Bertz CT molecular complexity index is 718. The molecule has 0 saturated carbocycles. The number of rotatable bonds is 8. The Kier molecular flexibility index (Phi) is 7.10. The summed E-state index contributed by atoms with van der Waals surface area (Å²) in [5.74, 6) is -0.131. The average Bonchev–Trinajstić information content (AvgIpc) is 2.61. The van der Waals surface area contributed by atoms with Gasteiger partial charge in [-0.2, -0.15) is 0 Å². The van der Waals surface area contributed by atoms with Crippen LogP contribution in [-0.4, -0.2) is 31.7 Å². The third-order valence-corrected chi connectivity index (χ3v) is 3.24. The number of para-hydroxylation sites is 2. The minimum absolute atomic E-state index is 0.321. The molecule has 0 unspecified atom stereocenters. The third kappa shape index (κ3) is 6.35. The molecule has 0 heterocycles. The summed E-state index contributed by atoms with van der Waals surface area (Å²) in [6.45, 7) is 1.61. The smallest absolute Gasteiger partial charge is 0.344 e. The minimum atomic E-state index is -0.655. The lowest BCUT2D eigenvalue weighted by Crippen LogP contribution is -2.23. The van der Waals surface area contributed by atoms with Crippen LogP contribution < -0.4 is 14.8 Å². The summed E-state index contributed by atoms with van der Waals surface area (Å²) in [6, 6.07) is 13.6. The zero-order valence-electron chi connectivity index (χ0n) is 13.7. The Balaban J connectivity index is 1.75. The molecule has 7 heteroatoms. The summed E-state index contributed by atoms with van der Waals surface area (Å²) < 4.78 is 15.6. The maximum Gasteiger partial charge on any atom is 0.344 e. The normalized spacial score (nSPS) is 10.0. The van der Waals surface area contributed by atoms with E-state index in [2.05, 4.69) is 5.32 Å². The number of hydrogen-bond acceptors (Lipinski definition) is 5. The summed E-state index contributed by atoms with van der Waals surface area (Å²) >= 11 is 5.76. The van der Waals surface area contributed by atoms with E-state index in [0.29, 0.717) is 28.8 Å². The maximum atomic E-state index is 11.7. The second-order valence-corrected chi connectivity index (χ2v) is 5.32. The molecule has 0 bridgehead atoms. The van der Waals surface area contributed by atoms with Crippen LogP contribution in [0.3, 0.4) is 0 Å². The molecule has 2 rings (SSSR count). The molecule has 0 aliphatic rings. The molecule has 6 nitrogen and oxygen atoms in total. The van der Waals surface area contributed by atoms with Crippen LogP contribution in [0.5, 0.6) is 11.5 Å². The van der Waals surface area contributed by atoms with E-state index in [1.54, 1.807) is 48.5 Å². The van der Waals surface area contributed by atoms with E-state index < -0.39 is 18.5 Å². The molecule has 0 aliphatic carbocycles. The molecular formula is C18H18ClNO5. The number of carbonyl (C=O) groups is 2. The van der Waals surface area contributed by atoms with Crippen molar-refractivity contribution >= 4 is 29.2 Å². The van der Waals surface area contributed by atoms with Crippen molar-refractivity contribution in [1.29, 1.82) is 0 Å². The molecule has 0 aromatic heterocycles. The van der Waals surface area contributed by atoms with Crippen LogP contribution in [0.2, 0.25) is 5.02 Å². The maximum absolute atomic E-state index is 11.7. The first-order valence-electron chi connectivity index (χ1n) is 7.64. The van der Waals surface area contributed by atoms with Gasteiger partial charge >= 0.3 is 5.97 Å². The van der Waals surface area contributed by atoms with Gasteiger partial charge in [-0.25, -0.2) is 4.79 Å². The Morgan fingerprint density at radius 1 is 0.960 bits per heavy atom. The van der Waals surface area contributed by atoms with E-state index >= 15 is 0 Å². The molecule has 2 aromatic rings. The van der Waals surface area contributed by atoms with Gasteiger partial charge in [0, 0.05) is 10.7 Å². The van der Waals surface area contributed by atoms with Crippen molar-refractivity contribution in [2.24, 2.45) is 0 Å². The molecule has 0 fully saturated rings. The first-order chi connectivity index (χ1) is 12.1. The van der Waals surface area contributed by atoms with Crippen molar-refractivity contribution in [1.82, 2.24) is 0 Å². The van der Waals surface area contributed by atoms with Gasteiger partial charge in [0.15, 0.2) is 24.7 Å². The molecule has 0 atom stereocenters. The van der Waals surface area contributed by atoms with E-state index in [9.17, 15) is 9.59 Å². The monoisotopic (exact) mass is 363 g/mol. The summed E-state index contributed by atoms with van der Waals surface area (Å²) in [5.41, 5.74) is 0.562. The lowest BCUT2D eigenvalue weighted by Gasteiger charge is -2.11. The van der Waals surface area contributed by atoms with Gasteiger partial charge in [0.05, 0.1) is 6.61 Å². The first-order valence-corrected chi connectivity index (χ1v) is 8.02. The highest BCUT2D eigenvalue weighted by molar-refractivity contribution is 6.30. The molecular weight excluding hydrogens is 346 g/mol. The highest BCUT2D eigenvalue weighted by Gasteiger charge is 2.11. The third-order valence-electron chi connectivity index (χ3n) is 2.99. The molecule has 25 heavy (non-hydrogen) atoms. The molecule has 132 valence electrons. The lowest BCUT2D eigenvalue weighted by molar-refractivity contribution is -0.149. The zero-order valence-corrected chi connectivity index (χ0v) is 14.4. The first kappa shape index (κ1) is 18.6. The van der Waals surface area contributed by atoms with Crippen LogP contribution in [-0.2, 0) is 14.3 Å². The number of carbonyl (C=O) groups excluding carboxylic acids is 2. The van der Waals surface area contributed by atoms with Crippen molar-refractivity contribution in [3.8, 4) is 11.5 Å². The summed E-state index contributed by atoms with van der Waals surface area (Å²) in [5, 5.41) is 3.15. The van der Waals surface area contributed by atoms with Crippen molar-refractivity contribution in [3.63, 3.8) is 0 Å². The number of nitrogens with one attached hydrogen (secondary N) is 1. The number of ether oxygens (including phenoxy) is 3. The quantitative estimate of drug-likeness (QED) is 0.728. The fourth-order valence-electron chi connectivity index (χ4n) is 1.90. The second kappa shape index (κ2) is 9.54. The van der Waals surface area contributed by atoms with Crippen LogP contribution in [0, 0.1) is 0 Å². The predicted octanol–water partition coefficient (Wildman–Crippen LogP) is 3.30. The SMILES string of the molecule is CCOc1ccccc1OCC(=O)OCC(=O)Nc1ccc(Cl)cc1. The van der Waals surface area contributed by atoms with Crippen LogP contribution in [0.1, 0.15) is 6.92 Å². The number of hydrogen-bond donors (Lipinski definition) is 1. The fourth-order valence-corrected chi connectivity index (χ4v) is 2.02. The van der Waals surface area contributed by atoms with E-state index in [1.165, 1.54) is 0 Å².